The van der Waals surface area contributed by atoms with Gasteiger partial charge in [-0.2, -0.15) is 0 Å². The Morgan fingerprint density at radius 3 is 2.85 bits per heavy atom. The summed E-state index contributed by atoms with van der Waals surface area (Å²) in [4.78, 5) is 18.1. The Morgan fingerprint density at radius 2 is 2.00 bits per heavy atom. The summed E-state index contributed by atoms with van der Waals surface area (Å²) in [6.07, 6.45) is 11.8. The Kier molecular flexibility index (Phi) is 4.18. The summed E-state index contributed by atoms with van der Waals surface area (Å²) in [5, 5.41) is 0. The standard InChI is InChI=1S/C24H22N6O3/c1-31-14-10-18-21(29-12-14)16(4-8-28-18)23(26)5-2-19-17(11-23)24(6-9-32-22(25)30-24)15-3-7-27-13-20(15)33-19/h2-5,7-8,10,12-13H,6,9,11,26H2,1H3,(H2,25,30). The molecular weight excluding hydrogens is 420 g/mol. The molecule has 1 spiro atoms. The van der Waals surface area contributed by atoms with E-state index in [0.29, 0.717) is 42.2 Å². The Morgan fingerprint density at radius 1 is 1.12 bits per heavy atom. The van der Waals surface area contributed by atoms with Gasteiger partial charge in [0.2, 0.25) is 0 Å². The molecule has 5 heterocycles. The number of nitrogens with two attached hydrogens (primary N) is 2. The van der Waals surface area contributed by atoms with Crippen molar-refractivity contribution in [3.05, 3.63) is 77.6 Å². The van der Waals surface area contributed by atoms with Crippen LogP contribution in [0.25, 0.3) is 11.0 Å². The highest BCUT2D eigenvalue weighted by Gasteiger charge is 2.49. The van der Waals surface area contributed by atoms with Gasteiger partial charge in [0, 0.05) is 48.0 Å². The van der Waals surface area contributed by atoms with Gasteiger partial charge < -0.3 is 25.7 Å². The van der Waals surface area contributed by atoms with E-state index in [4.69, 9.17) is 30.7 Å². The minimum atomic E-state index is -0.856. The van der Waals surface area contributed by atoms with Crippen LogP contribution in [-0.4, -0.2) is 34.7 Å². The zero-order chi connectivity index (χ0) is 22.6. The van der Waals surface area contributed by atoms with E-state index in [2.05, 4.69) is 15.0 Å². The van der Waals surface area contributed by atoms with Crippen molar-refractivity contribution < 1.29 is 14.2 Å². The van der Waals surface area contributed by atoms with Gasteiger partial charge in [0.1, 0.15) is 17.0 Å². The van der Waals surface area contributed by atoms with Gasteiger partial charge in [-0.05, 0) is 18.2 Å². The van der Waals surface area contributed by atoms with E-state index in [0.717, 1.165) is 22.2 Å². The molecule has 0 saturated carbocycles. The molecule has 3 aliphatic rings. The molecule has 33 heavy (non-hydrogen) atoms. The largest absolute Gasteiger partial charge is 0.495 e. The van der Waals surface area contributed by atoms with Crippen molar-refractivity contribution in [2.45, 2.75) is 23.9 Å². The number of hydrogen-bond acceptors (Lipinski definition) is 9. The van der Waals surface area contributed by atoms with Gasteiger partial charge in [-0.15, -0.1) is 0 Å². The van der Waals surface area contributed by atoms with Gasteiger partial charge >= 0.3 is 0 Å². The number of hydrogen-bond donors (Lipinski definition) is 2. The smallest absolute Gasteiger partial charge is 0.283 e. The molecule has 6 rings (SSSR count). The second-order valence-electron chi connectivity index (χ2n) is 8.38. The number of ether oxygens (including phenoxy) is 3. The van der Waals surface area contributed by atoms with Gasteiger partial charge in [0.25, 0.3) is 6.02 Å². The van der Waals surface area contributed by atoms with Crippen LogP contribution in [0.5, 0.6) is 11.5 Å². The van der Waals surface area contributed by atoms with Crippen molar-refractivity contribution in [3.63, 3.8) is 0 Å². The predicted octanol–water partition coefficient (Wildman–Crippen LogP) is 2.42. The minimum Gasteiger partial charge on any atom is -0.495 e. The number of fused-ring (bicyclic) bond motifs is 4. The lowest BCUT2D eigenvalue weighted by Gasteiger charge is -2.44. The quantitative estimate of drug-likeness (QED) is 0.619. The molecule has 0 saturated heterocycles. The summed E-state index contributed by atoms with van der Waals surface area (Å²) >= 11 is 0. The first kappa shape index (κ1) is 19.7. The molecule has 0 fully saturated rings. The Hall–Kier alpha value is -3.98. The highest BCUT2D eigenvalue weighted by atomic mass is 16.5. The number of rotatable bonds is 2. The van der Waals surface area contributed by atoms with Crippen molar-refractivity contribution in [2.24, 2.45) is 16.5 Å². The molecule has 2 atom stereocenters. The second-order valence-corrected chi connectivity index (χ2v) is 8.38. The molecule has 0 bridgehead atoms. The number of pyridine rings is 3. The first-order valence-electron chi connectivity index (χ1n) is 10.6. The van der Waals surface area contributed by atoms with E-state index in [9.17, 15) is 0 Å². The van der Waals surface area contributed by atoms with E-state index in [1.165, 1.54) is 0 Å². The minimum absolute atomic E-state index is 0.151. The molecule has 2 aliphatic heterocycles. The molecule has 9 heteroatoms. The van der Waals surface area contributed by atoms with Crippen LogP contribution in [0.15, 0.2) is 71.5 Å². The summed E-state index contributed by atoms with van der Waals surface area (Å²) in [6.45, 7) is 0.439. The average molecular weight is 442 g/mol. The zero-order valence-electron chi connectivity index (χ0n) is 18.0. The number of aliphatic imine (C=N–C) groups is 1. The van der Waals surface area contributed by atoms with Crippen LogP contribution in [0.1, 0.15) is 24.0 Å². The van der Waals surface area contributed by atoms with Gasteiger partial charge in [-0.25, -0.2) is 4.99 Å². The van der Waals surface area contributed by atoms with Crippen molar-refractivity contribution in [1.82, 2.24) is 15.0 Å². The topological polar surface area (TPSA) is 131 Å². The summed E-state index contributed by atoms with van der Waals surface area (Å²) in [7, 11) is 1.60. The number of methoxy groups -OCH3 is 1. The second kappa shape index (κ2) is 7.01. The SMILES string of the molecule is COc1cnc2c(C3(N)C=CC4=C(C3)C3(CCOC(N)=N3)c3ccncc3O4)ccnc2c1. The Labute approximate surface area is 189 Å². The third-order valence-electron chi connectivity index (χ3n) is 6.55. The van der Waals surface area contributed by atoms with Crippen LogP contribution < -0.4 is 20.9 Å². The van der Waals surface area contributed by atoms with Gasteiger partial charge in [-0.1, -0.05) is 6.08 Å². The van der Waals surface area contributed by atoms with Crippen LogP contribution in [0.4, 0.5) is 0 Å². The first-order chi connectivity index (χ1) is 16.0. The van der Waals surface area contributed by atoms with Crippen molar-refractivity contribution in [2.75, 3.05) is 13.7 Å². The molecule has 9 nitrogen and oxygen atoms in total. The molecule has 0 aromatic carbocycles. The fourth-order valence-electron chi connectivity index (χ4n) is 4.97. The molecule has 1 aliphatic carbocycles. The van der Waals surface area contributed by atoms with E-state index in [1.807, 2.05) is 30.4 Å². The van der Waals surface area contributed by atoms with Crippen molar-refractivity contribution in [3.8, 4) is 11.5 Å². The van der Waals surface area contributed by atoms with Gasteiger partial charge in [-0.3, -0.25) is 15.0 Å². The molecule has 3 aromatic rings. The summed E-state index contributed by atoms with van der Waals surface area (Å²) < 4.78 is 17.0. The third-order valence-corrected chi connectivity index (χ3v) is 6.55. The third kappa shape index (κ3) is 2.89. The highest BCUT2D eigenvalue weighted by Crippen LogP contribution is 2.53. The Bertz CT molecular complexity index is 1380. The van der Waals surface area contributed by atoms with E-state index < -0.39 is 11.1 Å². The number of allylic oxidation sites excluding steroid dienone is 1. The fraction of sp³-hybridized carbons (Fsp3) is 0.250. The maximum absolute atomic E-state index is 7.07. The maximum atomic E-state index is 7.07. The van der Waals surface area contributed by atoms with Crippen LogP contribution in [-0.2, 0) is 15.8 Å². The molecule has 4 N–H and O–H groups in total. The number of nitrogens with zero attached hydrogens (tertiary/aromatic N) is 4. The summed E-state index contributed by atoms with van der Waals surface area (Å²) in [6, 6.07) is 5.84. The van der Waals surface area contributed by atoms with Gasteiger partial charge in [0.05, 0.1) is 42.7 Å². The lowest BCUT2D eigenvalue weighted by atomic mass is 9.69. The van der Waals surface area contributed by atoms with Gasteiger partial charge in [0.15, 0.2) is 5.75 Å². The normalized spacial score (nSPS) is 25.7. The van der Waals surface area contributed by atoms with E-state index in [1.54, 1.807) is 31.9 Å². The first-order valence-corrected chi connectivity index (χ1v) is 10.6. The van der Waals surface area contributed by atoms with Crippen molar-refractivity contribution >= 4 is 17.1 Å². The van der Waals surface area contributed by atoms with E-state index >= 15 is 0 Å². The van der Waals surface area contributed by atoms with Crippen molar-refractivity contribution in [1.29, 1.82) is 0 Å². The summed E-state index contributed by atoms with van der Waals surface area (Å²) in [5.41, 5.74) is 15.7. The molecule has 0 amide bonds. The van der Waals surface area contributed by atoms with Crippen LogP contribution in [0.2, 0.25) is 0 Å². The lowest BCUT2D eigenvalue weighted by Crippen LogP contribution is -2.46. The molecule has 2 unspecified atom stereocenters. The number of aromatic nitrogens is 3. The monoisotopic (exact) mass is 442 g/mol. The lowest BCUT2D eigenvalue weighted by molar-refractivity contribution is 0.207. The average Bonchev–Trinajstić information content (AvgIpc) is 2.84. The van der Waals surface area contributed by atoms with Crippen LogP contribution in [0, 0.1) is 0 Å². The Balaban J connectivity index is 1.51. The molecular formula is C24H22N6O3. The molecule has 0 radical (unpaired) electrons. The predicted molar refractivity (Wildman–Crippen MR) is 121 cm³/mol. The zero-order valence-corrected chi connectivity index (χ0v) is 18.0. The van der Waals surface area contributed by atoms with Crippen LogP contribution in [0.3, 0.4) is 0 Å². The fourth-order valence-corrected chi connectivity index (χ4v) is 4.97. The van der Waals surface area contributed by atoms with Crippen LogP contribution >= 0.6 is 0 Å². The molecule has 166 valence electrons. The molecule has 3 aromatic heterocycles. The van der Waals surface area contributed by atoms with E-state index in [-0.39, 0.29) is 6.02 Å². The summed E-state index contributed by atoms with van der Waals surface area (Å²) in [5.74, 6) is 2.01. The highest BCUT2D eigenvalue weighted by molar-refractivity contribution is 5.80. The maximum Gasteiger partial charge on any atom is 0.283 e. The number of amidine groups is 1.